The molecule has 0 unspecified atom stereocenters. The predicted molar refractivity (Wildman–Crippen MR) is 78.3 cm³/mol. The van der Waals surface area contributed by atoms with Crippen LogP contribution in [0.2, 0.25) is 0 Å². The highest BCUT2D eigenvalue weighted by Gasteiger charge is 2.13. The molecule has 4 nitrogen and oxygen atoms in total. The van der Waals surface area contributed by atoms with Crippen molar-refractivity contribution in [2.45, 2.75) is 6.92 Å². The van der Waals surface area contributed by atoms with E-state index < -0.39 is 0 Å². The molecule has 3 aromatic rings. The summed E-state index contributed by atoms with van der Waals surface area (Å²) in [4.78, 5) is 16.8. The van der Waals surface area contributed by atoms with Gasteiger partial charge < -0.3 is 4.57 Å². The fraction of sp³-hybridized carbons (Fsp3) is 0.143. The van der Waals surface area contributed by atoms with Crippen molar-refractivity contribution in [1.82, 2.24) is 14.0 Å². The number of imidazole rings is 1. The molecule has 0 atom stereocenters. The molecule has 96 valence electrons. The lowest BCUT2D eigenvalue weighted by Gasteiger charge is -2.07. The molecular weight excluding hydrogens is 306 g/mol. The molecule has 2 aromatic heterocycles. The number of hydrogen-bond donors (Lipinski definition) is 0. The highest BCUT2D eigenvalue weighted by atomic mass is 79.9. The smallest absolute Gasteiger partial charge is 0.273 e. The number of benzene rings is 1. The number of hydrogen-bond acceptors (Lipinski definition) is 2. The Bertz CT molecular complexity index is 818. The van der Waals surface area contributed by atoms with Gasteiger partial charge in [0.2, 0.25) is 5.78 Å². The Labute approximate surface area is 118 Å². The molecule has 3 rings (SSSR count). The van der Waals surface area contributed by atoms with Crippen LogP contribution in [0.5, 0.6) is 0 Å². The minimum absolute atomic E-state index is 0.0831. The Morgan fingerprint density at radius 2 is 1.89 bits per heavy atom. The first-order valence-electron chi connectivity index (χ1n) is 5.89. The third-order valence-electron chi connectivity index (χ3n) is 3.28. The van der Waals surface area contributed by atoms with Crippen LogP contribution in [-0.2, 0) is 7.05 Å². The van der Waals surface area contributed by atoms with Crippen LogP contribution in [0.4, 0.5) is 0 Å². The lowest BCUT2D eigenvalue weighted by atomic mass is 10.2. The van der Waals surface area contributed by atoms with Crippen LogP contribution in [-0.4, -0.2) is 14.0 Å². The van der Waals surface area contributed by atoms with Crippen molar-refractivity contribution in [3.8, 4) is 11.3 Å². The summed E-state index contributed by atoms with van der Waals surface area (Å²) in [5, 5.41) is 0. The molecule has 5 heteroatoms. The highest BCUT2D eigenvalue weighted by Crippen LogP contribution is 2.19. The molecule has 0 aliphatic heterocycles. The summed E-state index contributed by atoms with van der Waals surface area (Å²) < 4.78 is 4.04. The Morgan fingerprint density at radius 1 is 1.21 bits per heavy atom. The molecule has 1 aromatic carbocycles. The maximum Gasteiger partial charge on any atom is 0.273 e. The van der Waals surface area contributed by atoms with Gasteiger partial charge in [0.1, 0.15) is 4.47 Å². The molecule has 0 saturated heterocycles. The second-order valence-corrected chi connectivity index (χ2v) is 5.22. The zero-order valence-electron chi connectivity index (χ0n) is 10.6. The van der Waals surface area contributed by atoms with Crippen molar-refractivity contribution in [2.75, 3.05) is 0 Å². The van der Waals surface area contributed by atoms with E-state index in [4.69, 9.17) is 0 Å². The van der Waals surface area contributed by atoms with E-state index in [9.17, 15) is 4.79 Å². The summed E-state index contributed by atoms with van der Waals surface area (Å²) in [5.74, 6) is 0.643. The van der Waals surface area contributed by atoms with E-state index >= 15 is 0 Å². The largest absolute Gasteiger partial charge is 0.317 e. The zero-order valence-corrected chi connectivity index (χ0v) is 12.2. The van der Waals surface area contributed by atoms with Gasteiger partial charge in [-0.15, -0.1) is 0 Å². The van der Waals surface area contributed by atoms with Crippen molar-refractivity contribution >= 4 is 21.7 Å². The average molecular weight is 318 g/mol. The van der Waals surface area contributed by atoms with E-state index in [1.54, 1.807) is 10.6 Å². The third-order valence-corrected chi connectivity index (χ3v) is 4.20. The summed E-state index contributed by atoms with van der Waals surface area (Å²) >= 11 is 3.33. The Kier molecular flexibility index (Phi) is 2.78. The zero-order chi connectivity index (χ0) is 13.6. The Morgan fingerprint density at radius 3 is 2.58 bits per heavy atom. The normalized spacial score (nSPS) is 11.1. The van der Waals surface area contributed by atoms with Gasteiger partial charge in [-0.3, -0.25) is 9.20 Å². The maximum atomic E-state index is 12.2. The summed E-state index contributed by atoms with van der Waals surface area (Å²) in [7, 11) is 1.90. The average Bonchev–Trinajstić information content (AvgIpc) is 2.89. The van der Waals surface area contributed by atoms with Gasteiger partial charge in [-0.05, 0) is 22.9 Å². The van der Waals surface area contributed by atoms with Gasteiger partial charge in [0.25, 0.3) is 5.56 Å². The Balaban J connectivity index is 2.36. The van der Waals surface area contributed by atoms with Gasteiger partial charge in [0.15, 0.2) is 0 Å². The molecule has 0 amide bonds. The van der Waals surface area contributed by atoms with Crippen LogP contribution in [0.1, 0.15) is 5.69 Å². The van der Waals surface area contributed by atoms with Gasteiger partial charge in [0, 0.05) is 24.5 Å². The number of halogens is 1. The van der Waals surface area contributed by atoms with Crippen LogP contribution in [0.3, 0.4) is 0 Å². The monoisotopic (exact) mass is 317 g/mol. The molecule has 19 heavy (non-hydrogen) atoms. The van der Waals surface area contributed by atoms with Crippen molar-refractivity contribution in [1.29, 1.82) is 0 Å². The maximum absolute atomic E-state index is 12.2. The van der Waals surface area contributed by atoms with Crippen molar-refractivity contribution in [3.05, 3.63) is 57.0 Å². The molecule has 0 radical (unpaired) electrons. The van der Waals surface area contributed by atoms with E-state index in [0.29, 0.717) is 10.3 Å². The van der Waals surface area contributed by atoms with E-state index in [1.165, 1.54) is 0 Å². The van der Waals surface area contributed by atoms with Crippen LogP contribution in [0.15, 0.2) is 45.8 Å². The van der Waals surface area contributed by atoms with Crippen LogP contribution >= 0.6 is 15.9 Å². The second-order valence-electron chi connectivity index (χ2n) is 4.43. The van der Waals surface area contributed by atoms with Gasteiger partial charge in [0.05, 0.1) is 5.69 Å². The van der Waals surface area contributed by atoms with E-state index in [0.717, 1.165) is 17.0 Å². The molecular formula is C14H12BrN3O. The first-order valence-corrected chi connectivity index (χ1v) is 6.68. The number of aryl methyl sites for hydroxylation is 1. The lowest BCUT2D eigenvalue weighted by Crippen LogP contribution is -2.19. The van der Waals surface area contributed by atoms with Gasteiger partial charge in [-0.1, -0.05) is 30.3 Å². The van der Waals surface area contributed by atoms with Crippen LogP contribution in [0, 0.1) is 6.92 Å². The number of aromatic nitrogens is 3. The standard InChI is InChI=1S/C14H12BrN3O/c1-9-12(15)13(19)18-8-11(16-14(18)17(9)2)10-6-4-3-5-7-10/h3-8H,1-2H3. The topological polar surface area (TPSA) is 39.3 Å². The highest BCUT2D eigenvalue weighted by molar-refractivity contribution is 9.10. The van der Waals surface area contributed by atoms with Gasteiger partial charge in [-0.25, -0.2) is 4.98 Å². The number of rotatable bonds is 1. The number of fused-ring (bicyclic) bond motifs is 1. The van der Waals surface area contributed by atoms with Gasteiger partial charge >= 0.3 is 0 Å². The molecule has 0 bridgehead atoms. The molecule has 0 N–H and O–H groups in total. The minimum Gasteiger partial charge on any atom is -0.317 e. The fourth-order valence-electron chi connectivity index (χ4n) is 2.06. The third kappa shape index (κ3) is 1.81. The summed E-state index contributed by atoms with van der Waals surface area (Å²) in [6.07, 6.45) is 1.78. The quantitative estimate of drug-likeness (QED) is 0.692. The van der Waals surface area contributed by atoms with Crippen molar-refractivity contribution < 1.29 is 0 Å². The molecule has 0 aliphatic rings. The van der Waals surface area contributed by atoms with Crippen LogP contribution in [0.25, 0.3) is 17.0 Å². The summed E-state index contributed by atoms with van der Waals surface area (Å²) in [5.41, 5.74) is 2.58. The van der Waals surface area contributed by atoms with Crippen molar-refractivity contribution in [3.63, 3.8) is 0 Å². The van der Waals surface area contributed by atoms with E-state index in [2.05, 4.69) is 20.9 Å². The van der Waals surface area contributed by atoms with Gasteiger partial charge in [-0.2, -0.15) is 0 Å². The predicted octanol–water partition coefficient (Wildman–Crippen LogP) is 2.77. The Hall–Kier alpha value is -1.88. The molecule has 0 spiro atoms. The SMILES string of the molecule is Cc1c(Br)c(=O)n2cc(-c3ccccc3)nc2n1C. The minimum atomic E-state index is -0.0831. The fourth-order valence-corrected chi connectivity index (χ4v) is 2.52. The second kappa shape index (κ2) is 4.35. The van der Waals surface area contributed by atoms with E-state index in [1.807, 2.05) is 48.9 Å². The first kappa shape index (κ1) is 12.2. The van der Waals surface area contributed by atoms with Crippen molar-refractivity contribution in [2.24, 2.45) is 7.05 Å². The summed E-state index contributed by atoms with van der Waals surface area (Å²) in [6.45, 7) is 1.89. The van der Waals surface area contributed by atoms with E-state index in [-0.39, 0.29) is 5.56 Å². The lowest BCUT2D eigenvalue weighted by molar-refractivity contribution is 0.819. The summed E-state index contributed by atoms with van der Waals surface area (Å²) in [6, 6.07) is 9.83. The number of nitrogens with zero attached hydrogens (tertiary/aromatic N) is 3. The molecule has 2 heterocycles. The van der Waals surface area contributed by atoms with Crippen LogP contribution < -0.4 is 5.56 Å². The first-order chi connectivity index (χ1) is 9.09. The molecule has 0 aliphatic carbocycles. The molecule has 0 fully saturated rings. The molecule has 0 saturated carbocycles.